The van der Waals surface area contributed by atoms with Crippen LogP contribution in [-0.2, 0) is 16.1 Å². The molecule has 0 saturated carbocycles. The van der Waals surface area contributed by atoms with Gasteiger partial charge in [0.15, 0.2) is 0 Å². The summed E-state index contributed by atoms with van der Waals surface area (Å²) in [6, 6.07) is 7.26. The molecule has 18 heavy (non-hydrogen) atoms. The normalized spacial score (nSPS) is 11.7. The molecule has 1 aromatic rings. The van der Waals surface area contributed by atoms with Gasteiger partial charge in [0, 0.05) is 26.2 Å². The highest BCUT2D eigenvalue weighted by Crippen LogP contribution is 2.09. The molecule has 1 rings (SSSR count). The molecule has 0 fully saturated rings. The van der Waals surface area contributed by atoms with E-state index < -0.39 is 0 Å². The lowest BCUT2D eigenvalue weighted by Crippen LogP contribution is -2.40. The molecule has 5 heteroatoms. The van der Waals surface area contributed by atoms with E-state index in [1.807, 2.05) is 31.2 Å². The van der Waals surface area contributed by atoms with E-state index in [4.69, 9.17) is 0 Å². The van der Waals surface area contributed by atoms with Gasteiger partial charge in [-0.05, 0) is 24.6 Å². The second-order valence-electron chi connectivity index (χ2n) is 4.09. The smallest absolute Gasteiger partial charge is 0.236 e. The average Bonchev–Trinajstić information content (AvgIpc) is 2.36. The van der Waals surface area contributed by atoms with E-state index in [-0.39, 0.29) is 17.9 Å². The molecule has 0 aliphatic rings. The lowest BCUT2D eigenvalue weighted by atomic mass is 10.2. The predicted octanol–water partition coefficient (Wildman–Crippen LogP) is 0.869. The Morgan fingerprint density at radius 1 is 1.22 bits per heavy atom. The Bertz CT molecular complexity index is 415. The van der Waals surface area contributed by atoms with Crippen molar-refractivity contribution in [3.63, 3.8) is 0 Å². The number of anilines is 1. The van der Waals surface area contributed by atoms with Gasteiger partial charge in [-0.1, -0.05) is 12.1 Å². The summed E-state index contributed by atoms with van der Waals surface area (Å²) < 4.78 is 0. The van der Waals surface area contributed by atoms with Gasteiger partial charge in [-0.2, -0.15) is 0 Å². The number of hydrogen-bond donors (Lipinski definition) is 3. The molecular formula is C13H19N3O2. The third-order valence-electron chi connectivity index (χ3n) is 2.53. The Morgan fingerprint density at radius 3 is 2.33 bits per heavy atom. The van der Waals surface area contributed by atoms with Crippen LogP contribution in [0, 0.1) is 0 Å². The minimum atomic E-state index is -0.231. The van der Waals surface area contributed by atoms with Gasteiger partial charge < -0.3 is 16.0 Å². The van der Waals surface area contributed by atoms with Gasteiger partial charge in [-0.25, -0.2) is 0 Å². The first kappa shape index (κ1) is 14.2. The summed E-state index contributed by atoms with van der Waals surface area (Å²) in [5.74, 6) is -0.126. The summed E-state index contributed by atoms with van der Waals surface area (Å²) >= 11 is 0. The third kappa shape index (κ3) is 4.55. The van der Waals surface area contributed by atoms with Crippen LogP contribution in [0.5, 0.6) is 0 Å². The van der Waals surface area contributed by atoms with E-state index in [2.05, 4.69) is 16.0 Å². The van der Waals surface area contributed by atoms with Crippen molar-refractivity contribution in [1.82, 2.24) is 10.6 Å². The molecule has 5 nitrogen and oxygen atoms in total. The number of rotatable bonds is 5. The van der Waals surface area contributed by atoms with Crippen molar-refractivity contribution in [2.75, 3.05) is 12.4 Å². The Labute approximate surface area is 107 Å². The maximum Gasteiger partial charge on any atom is 0.236 e. The molecule has 0 saturated heterocycles. The van der Waals surface area contributed by atoms with Gasteiger partial charge in [0.2, 0.25) is 11.8 Å². The van der Waals surface area contributed by atoms with Crippen LogP contribution in [0.2, 0.25) is 0 Å². The zero-order valence-electron chi connectivity index (χ0n) is 10.9. The highest BCUT2D eigenvalue weighted by Gasteiger charge is 2.09. The zero-order valence-corrected chi connectivity index (χ0v) is 10.9. The minimum Gasteiger partial charge on any atom is -0.358 e. The Hall–Kier alpha value is -1.88. The van der Waals surface area contributed by atoms with Crippen LogP contribution in [0.15, 0.2) is 24.3 Å². The standard InChI is InChI=1S/C13H19N3O2/c1-9(13(18)14-3)15-8-11-4-6-12(7-5-11)16-10(2)17/h4-7,9,15H,8H2,1-3H3,(H,14,18)(H,16,17). The molecule has 0 bridgehead atoms. The number of likely N-dealkylation sites (N-methyl/N-ethyl adjacent to an activating group) is 1. The quantitative estimate of drug-likeness (QED) is 0.725. The topological polar surface area (TPSA) is 70.2 Å². The van der Waals surface area contributed by atoms with E-state index >= 15 is 0 Å². The molecule has 0 aliphatic carbocycles. The summed E-state index contributed by atoms with van der Waals surface area (Å²) in [7, 11) is 1.61. The average molecular weight is 249 g/mol. The summed E-state index contributed by atoms with van der Waals surface area (Å²) in [4.78, 5) is 22.1. The maximum atomic E-state index is 11.3. The highest BCUT2D eigenvalue weighted by molar-refractivity contribution is 5.88. The molecule has 1 aromatic carbocycles. The fraction of sp³-hybridized carbons (Fsp3) is 0.385. The van der Waals surface area contributed by atoms with Crippen LogP contribution in [0.3, 0.4) is 0 Å². The number of carbonyl (C=O) groups excluding carboxylic acids is 2. The molecule has 98 valence electrons. The SMILES string of the molecule is CNC(=O)C(C)NCc1ccc(NC(C)=O)cc1. The number of benzene rings is 1. The second kappa shape index (κ2) is 6.76. The Morgan fingerprint density at radius 2 is 1.83 bits per heavy atom. The van der Waals surface area contributed by atoms with Crippen molar-refractivity contribution in [1.29, 1.82) is 0 Å². The fourth-order valence-electron chi connectivity index (χ4n) is 1.49. The highest BCUT2D eigenvalue weighted by atomic mass is 16.2. The summed E-state index contributed by atoms with van der Waals surface area (Å²) in [5, 5.41) is 8.39. The number of amides is 2. The summed E-state index contributed by atoms with van der Waals surface area (Å²) in [6.07, 6.45) is 0. The number of hydrogen-bond acceptors (Lipinski definition) is 3. The number of nitrogens with one attached hydrogen (secondary N) is 3. The Balaban J connectivity index is 2.48. The van der Waals surface area contributed by atoms with Crippen LogP contribution < -0.4 is 16.0 Å². The van der Waals surface area contributed by atoms with Gasteiger partial charge in [-0.15, -0.1) is 0 Å². The third-order valence-corrected chi connectivity index (χ3v) is 2.53. The van der Waals surface area contributed by atoms with E-state index in [1.54, 1.807) is 7.05 Å². The molecule has 2 amide bonds. The minimum absolute atomic E-state index is 0.0372. The first-order valence-electron chi connectivity index (χ1n) is 5.84. The van der Waals surface area contributed by atoms with Crippen molar-refractivity contribution < 1.29 is 9.59 Å². The Kier molecular flexibility index (Phi) is 5.32. The predicted molar refractivity (Wildman–Crippen MR) is 71.1 cm³/mol. The van der Waals surface area contributed by atoms with Crippen LogP contribution in [0.1, 0.15) is 19.4 Å². The van der Waals surface area contributed by atoms with Crippen molar-refractivity contribution >= 4 is 17.5 Å². The molecule has 0 aromatic heterocycles. The molecule has 0 heterocycles. The van der Waals surface area contributed by atoms with Gasteiger partial charge in [0.1, 0.15) is 0 Å². The van der Waals surface area contributed by atoms with Crippen molar-refractivity contribution in [2.24, 2.45) is 0 Å². The van der Waals surface area contributed by atoms with Gasteiger partial charge in [-0.3, -0.25) is 9.59 Å². The maximum absolute atomic E-state index is 11.3. The van der Waals surface area contributed by atoms with Crippen LogP contribution in [0.25, 0.3) is 0 Å². The zero-order chi connectivity index (χ0) is 13.5. The largest absolute Gasteiger partial charge is 0.358 e. The van der Waals surface area contributed by atoms with Gasteiger partial charge in [0.25, 0.3) is 0 Å². The molecule has 3 N–H and O–H groups in total. The van der Waals surface area contributed by atoms with Crippen molar-refractivity contribution in [3.05, 3.63) is 29.8 Å². The first-order valence-corrected chi connectivity index (χ1v) is 5.84. The van der Waals surface area contributed by atoms with Crippen molar-refractivity contribution in [2.45, 2.75) is 26.4 Å². The molecule has 0 aliphatic heterocycles. The van der Waals surface area contributed by atoms with Crippen molar-refractivity contribution in [3.8, 4) is 0 Å². The molecule has 0 spiro atoms. The lowest BCUT2D eigenvalue weighted by molar-refractivity contribution is -0.122. The second-order valence-corrected chi connectivity index (χ2v) is 4.09. The summed E-state index contributed by atoms with van der Waals surface area (Å²) in [6.45, 7) is 3.89. The molecule has 0 radical (unpaired) electrons. The van der Waals surface area contributed by atoms with Crippen LogP contribution in [0.4, 0.5) is 5.69 Å². The lowest BCUT2D eigenvalue weighted by Gasteiger charge is -2.12. The first-order chi connectivity index (χ1) is 8.52. The molecular weight excluding hydrogens is 230 g/mol. The molecule has 1 atom stereocenters. The van der Waals surface area contributed by atoms with Crippen LogP contribution >= 0.6 is 0 Å². The summed E-state index contributed by atoms with van der Waals surface area (Å²) in [5.41, 5.74) is 1.82. The van der Waals surface area contributed by atoms with E-state index in [0.717, 1.165) is 11.3 Å². The number of carbonyl (C=O) groups is 2. The monoisotopic (exact) mass is 249 g/mol. The van der Waals surface area contributed by atoms with E-state index in [9.17, 15) is 9.59 Å². The van der Waals surface area contributed by atoms with Gasteiger partial charge >= 0.3 is 0 Å². The van der Waals surface area contributed by atoms with E-state index in [1.165, 1.54) is 6.92 Å². The van der Waals surface area contributed by atoms with E-state index in [0.29, 0.717) is 6.54 Å². The van der Waals surface area contributed by atoms with Gasteiger partial charge in [0.05, 0.1) is 6.04 Å². The fourth-order valence-corrected chi connectivity index (χ4v) is 1.49. The van der Waals surface area contributed by atoms with Crippen LogP contribution in [-0.4, -0.2) is 24.9 Å². The molecule has 1 unspecified atom stereocenters.